The summed E-state index contributed by atoms with van der Waals surface area (Å²) in [5, 5.41) is 25.3. The lowest BCUT2D eigenvalue weighted by Gasteiger charge is -2.18. The maximum Gasteiger partial charge on any atom is 0.143 e. The zero-order valence-electron chi connectivity index (χ0n) is 68.6. The van der Waals surface area contributed by atoms with Gasteiger partial charge in [-0.25, -0.2) is 15.0 Å². The zero-order valence-corrected chi connectivity index (χ0v) is 68.6. The molecule has 0 radical (unpaired) electrons. The number of aryl methyl sites for hydroxylation is 3. The molecule has 18 aromatic carbocycles. The predicted molar refractivity (Wildman–Crippen MR) is 512 cm³/mol. The van der Waals surface area contributed by atoms with Gasteiger partial charge in [-0.1, -0.05) is 314 Å². The molecule has 0 saturated carbocycles. The lowest BCUT2D eigenvalue weighted by atomic mass is 9.86. The highest BCUT2D eigenvalue weighted by Crippen LogP contribution is 2.47. The lowest BCUT2D eigenvalue weighted by molar-refractivity contribution is 0.573. The Balaban J connectivity index is 0.000000109. The second kappa shape index (κ2) is 28.8. The van der Waals surface area contributed by atoms with E-state index in [1.54, 1.807) is 0 Å². The van der Waals surface area contributed by atoms with Gasteiger partial charge in [0.15, 0.2) is 0 Å². The number of hydrogen-bond acceptors (Lipinski definition) is 6. The van der Waals surface area contributed by atoms with Gasteiger partial charge in [0.25, 0.3) is 0 Å². The van der Waals surface area contributed by atoms with E-state index in [9.17, 15) is 0 Å². The third kappa shape index (κ3) is 12.3. The van der Waals surface area contributed by atoms with Crippen LogP contribution in [-0.4, -0.2) is 15.0 Å². The fourth-order valence-corrected chi connectivity index (χ4v) is 19.1. The van der Waals surface area contributed by atoms with E-state index in [-0.39, 0.29) is 5.41 Å². The van der Waals surface area contributed by atoms with Gasteiger partial charge in [-0.2, -0.15) is 0 Å². The lowest BCUT2D eigenvalue weighted by Crippen LogP contribution is -2.10. The topological polar surface area (TPSA) is 78.1 Å². The Hall–Kier alpha value is -14.9. The first kappa shape index (κ1) is 72.6. The number of hydrogen-bond donors (Lipinski definition) is 0. The third-order valence-corrected chi connectivity index (χ3v) is 24.8. The van der Waals surface area contributed by atoms with Crippen molar-refractivity contribution in [3.05, 3.63) is 380 Å². The Kier molecular flexibility index (Phi) is 17.3. The molecule has 0 spiro atoms. The van der Waals surface area contributed by atoms with Crippen LogP contribution in [0.3, 0.4) is 0 Å². The molecular formula is C115H83N3O3. The van der Waals surface area contributed by atoms with Crippen molar-refractivity contribution in [2.75, 3.05) is 0 Å². The van der Waals surface area contributed by atoms with Crippen LogP contribution in [0.2, 0.25) is 0 Å². The molecule has 6 heterocycles. The number of nitrogens with zero attached hydrogens (tertiary/aromatic N) is 3. The van der Waals surface area contributed by atoms with E-state index in [0.717, 1.165) is 128 Å². The molecule has 0 bridgehead atoms. The summed E-state index contributed by atoms with van der Waals surface area (Å²) in [6, 6.07) is 126. The first-order valence-corrected chi connectivity index (χ1v) is 42.0. The summed E-state index contributed by atoms with van der Waals surface area (Å²) in [4.78, 5) is 15.8. The number of furan rings is 3. The normalized spacial score (nSPS) is 12.0. The fraction of sp³-hybridized carbons (Fsp3) is 0.0870. The molecule has 576 valence electrons. The van der Waals surface area contributed by atoms with Crippen molar-refractivity contribution in [2.24, 2.45) is 0 Å². The van der Waals surface area contributed by atoms with Gasteiger partial charge in [0.05, 0.1) is 33.6 Å². The van der Waals surface area contributed by atoms with Crippen LogP contribution in [0.5, 0.6) is 0 Å². The minimum atomic E-state index is -0.00921. The molecule has 6 aromatic heterocycles. The van der Waals surface area contributed by atoms with Crippen molar-refractivity contribution >= 4 is 163 Å². The van der Waals surface area contributed by atoms with Gasteiger partial charge in [-0.15, -0.1) is 0 Å². The first-order valence-electron chi connectivity index (χ1n) is 42.0. The molecule has 0 aliphatic carbocycles. The highest BCUT2D eigenvalue weighted by atomic mass is 16.3. The SMILES string of the molecule is CC(C)(C)c1cccc2c1oc1c(-c3cccc(-c4ccc5c6ccccc6c6ccccc6c5n4)c3)cccc12.CC(C)c1cccc2c1oc1c(-c3cccc(-c4ccc5c6ccccc6c6ccccc6c5n4)c3)cccc12.Cc1cc(C)c2oc3c(-c4cccc(-c5ccc6c7ccccc7c7ccccc7c6n5)c4)cc(C)cc3c2c1. The number of aromatic nitrogens is 3. The van der Waals surface area contributed by atoms with E-state index >= 15 is 0 Å². The van der Waals surface area contributed by atoms with Crippen LogP contribution >= 0.6 is 0 Å². The first-order chi connectivity index (χ1) is 59.2. The molecule has 0 saturated heterocycles. The number of pyridine rings is 3. The molecule has 121 heavy (non-hydrogen) atoms. The summed E-state index contributed by atoms with van der Waals surface area (Å²) < 4.78 is 19.8. The van der Waals surface area contributed by atoms with Gasteiger partial charge in [0.2, 0.25) is 0 Å². The molecule has 0 fully saturated rings. The molecule has 24 rings (SSSR count). The number of fused-ring (bicyclic) bond motifs is 27. The van der Waals surface area contributed by atoms with E-state index in [0.29, 0.717) is 5.92 Å². The minimum absolute atomic E-state index is 0.00921. The summed E-state index contributed by atoms with van der Waals surface area (Å²) in [6.45, 7) is 17.6. The smallest absolute Gasteiger partial charge is 0.143 e. The standard InChI is InChI=1S/C39H29NO.2C38H27NO/c1-39(2,3)34-20-10-19-33-32-18-9-17-26(37(32)41-38(33)34)24-11-8-12-25(23-24)35-22-21-31-29-15-5-4-13-27(29)28-14-6-7-16-30(28)36(31)40-35;1-22-17-24(3)37-33(19-22)34-20-23(2)18-32(38(34)40-37)25-9-8-10-26(21-25)35-16-15-31-29-13-5-4-11-27(29)28-12-6-7-14-30(28)36(31)39-35;1-23(2)26-16-8-18-33-34-19-9-17-27(38(34)40-37(26)33)24-10-7-11-25(22-24)35-21-20-32-30-14-4-3-12-28(30)29-13-5-6-15-31(29)36(32)39-35/h4-23H,1-3H3;4-21H,1-3H3;3-23H,1-2H3. The maximum absolute atomic E-state index is 6.67. The zero-order chi connectivity index (χ0) is 81.5. The van der Waals surface area contributed by atoms with Crippen LogP contribution < -0.4 is 0 Å². The van der Waals surface area contributed by atoms with Crippen LogP contribution in [0.1, 0.15) is 68.4 Å². The Morgan fingerprint density at radius 3 is 0.917 bits per heavy atom. The van der Waals surface area contributed by atoms with Crippen molar-refractivity contribution in [1.82, 2.24) is 15.0 Å². The van der Waals surface area contributed by atoms with E-state index in [2.05, 4.69) is 407 Å². The van der Waals surface area contributed by atoms with Gasteiger partial charge in [-0.05, 0) is 192 Å². The van der Waals surface area contributed by atoms with Crippen molar-refractivity contribution in [3.8, 4) is 67.2 Å². The molecule has 6 heteroatoms. The molecule has 0 atom stereocenters. The Morgan fingerprint density at radius 1 is 0.223 bits per heavy atom. The maximum atomic E-state index is 6.67. The van der Waals surface area contributed by atoms with Crippen LogP contribution in [0.4, 0.5) is 0 Å². The van der Waals surface area contributed by atoms with E-state index in [1.165, 1.54) is 130 Å². The van der Waals surface area contributed by atoms with Crippen LogP contribution in [-0.2, 0) is 5.41 Å². The Morgan fingerprint density at radius 2 is 0.512 bits per heavy atom. The minimum Gasteiger partial charge on any atom is -0.455 e. The van der Waals surface area contributed by atoms with Crippen molar-refractivity contribution < 1.29 is 13.3 Å². The van der Waals surface area contributed by atoms with Crippen LogP contribution in [0, 0.1) is 20.8 Å². The summed E-state index contributed by atoms with van der Waals surface area (Å²) >= 11 is 0. The summed E-state index contributed by atoms with van der Waals surface area (Å²) in [5.41, 5.74) is 27.8. The molecule has 6 nitrogen and oxygen atoms in total. The number of rotatable bonds is 7. The number of para-hydroxylation sites is 4. The summed E-state index contributed by atoms with van der Waals surface area (Å²) in [5.74, 6) is 0.392. The molecule has 24 aromatic rings. The van der Waals surface area contributed by atoms with Crippen molar-refractivity contribution in [2.45, 2.75) is 66.7 Å². The predicted octanol–water partition coefficient (Wildman–Crippen LogP) is 32.7. The third-order valence-electron chi connectivity index (χ3n) is 24.8. The van der Waals surface area contributed by atoms with E-state index < -0.39 is 0 Å². The van der Waals surface area contributed by atoms with Gasteiger partial charge < -0.3 is 13.3 Å². The van der Waals surface area contributed by atoms with Gasteiger partial charge >= 0.3 is 0 Å². The summed E-state index contributed by atoms with van der Waals surface area (Å²) in [7, 11) is 0. The van der Waals surface area contributed by atoms with Gasteiger partial charge in [-0.3, -0.25) is 0 Å². The molecular weight excluding hydrogens is 1470 g/mol. The second-order valence-electron chi connectivity index (χ2n) is 33.9. The molecule has 0 aliphatic rings. The Bertz CT molecular complexity index is 8310. The van der Waals surface area contributed by atoms with E-state index in [1.807, 2.05) is 0 Å². The largest absolute Gasteiger partial charge is 0.455 e. The fourth-order valence-electron chi connectivity index (χ4n) is 19.1. The molecule has 0 N–H and O–H groups in total. The van der Waals surface area contributed by atoms with Crippen LogP contribution in [0.25, 0.3) is 230 Å². The second-order valence-corrected chi connectivity index (χ2v) is 33.9. The quantitative estimate of drug-likeness (QED) is 0.148. The van der Waals surface area contributed by atoms with Crippen molar-refractivity contribution in [3.63, 3.8) is 0 Å². The average Bonchev–Trinajstić information content (AvgIpc) is 1.48. The highest BCUT2D eigenvalue weighted by molar-refractivity contribution is 6.27. The molecule has 0 aliphatic heterocycles. The van der Waals surface area contributed by atoms with Gasteiger partial charge in [0, 0.05) is 104 Å². The van der Waals surface area contributed by atoms with Crippen molar-refractivity contribution in [1.29, 1.82) is 0 Å². The monoisotopic (exact) mass is 1550 g/mol. The Labute approximate surface area is 700 Å². The summed E-state index contributed by atoms with van der Waals surface area (Å²) in [6.07, 6.45) is 0. The van der Waals surface area contributed by atoms with E-state index in [4.69, 9.17) is 28.2 Å². The average molecular weight is 1550 g/mol. The molecule has 0 amide bonds. The van der Waals surface area contributed by atoms with Gasteiger partial charge in [0.1, 0.15) is 33.5 Å². The number of benzene rings is 18. The molecule has 0 unspecified atom stereocenters. The van der Waals surface area contributed by atoms with Crippen LogP contribution in [0.15, 0.2) is 365 Å². The highest BCUT2D eigenvalue weighted by Gasteiger charge is 2.25.